The van der Waals surface area contributed by atoms with Gasteiger partial charge in [-0.2, -0.15) is 0 Å². The minimum atomic E-state index is -1.00. The number of amides is 1. The molecule has 0 radical (unpaired) electrons. The molecule has 2 aromatic carbocycles. The van der Waals surface area contributed by atoms with Gasteiger partial charge in [-0.05, 0) is 73.3 Å². The van der Waals surface area contributed by atoms with E-state index in [1.165, 1.54) is 11.6 Å². The van der Waals surface area contributed by atoms with E-state index in [0.29, 0.717) is 11.5 Å². The van der Waals surface area contributed by atoms with E-state index < -0.39 is 5.97 Å². The van der Waals surface area contributed by atoms with Crippen molar-refractivity contribution in [3.8, 4) is 0 Å². The average Bonchev–Trinajstić information content (AvgIpc) is 2.68. The Balaban J connectivity index is 0.00000261. The molecule has 1 aliphatic heterocycles. The van der Waals surface area contributed by atoms with E-state index in [0.717, 1.165) is 43.3 Å². The third kappa shape index (κ3) is 5.94. The standard InChI is InChI=1S/C21H22N2O3.ClH/c24-20(25)10-3-15-1-4-18(5-2-15)21(26)23-19-8-6-16(7-9-19)17-11-13-22-14-12-17;/h1-10,17,22H,11-14H2,(H,23,26)(H,24,25);1H. The summed E-state index contributed by atoms with van der Waals surface area (Å²) in [5.41, 5.74) is 3.34. The zero-order valence-corrected chi connectivity index (χ0v) is 15.7. The van der Waals surface area contributed by atoms with Crippen LogP contribution in [0.3, 0.4) is 0 Å². The molecule has 5 nitrogen and oxygen atoms in total. The minimum Gasteiger partial charge on any atom is -0.478 e. The van der Waals surface area contributed by atoms with Crippen LogP contribution >= 0.6 is 12.4 Å². The molecule has 3 N–H and O–H groups in total. The van der Waals surface area contributed by atoms with Gasteiger partial charge in [-0.25, -0.2) is 4.79 Å². The molecular formula is C21H23ClN2O3. The second kappa shape index (κ2) is 9.90. The Bertz CT molecular complexity index is 795. The quantitative estimate of drug-likeness (QED) is 0.680. The largest absolute Gasteiger partial charge is 0.478 e. The molecule has 1 saturated heterocycles. The molecule has 27 heavy (non-hydrogen) atoms. The van der Waals surface area contributed by atoms with Gasteiger partial charge in [-0.3, -0.25) is 4.79 Å². The van der Waals surface area contributed by atoms with E-state index in [1.54, 1.807) is 24.3 Å². The fraction of sp³-hybridized carbons (Fsp3) is 0.238. The van der Waals surface area contributed by atoms with Crippen LogP contribution in [0.25, 0.3) is 6.08 Å². The van der Waals surface area contributed by atoms with Crippen LogP contribution in [0.2, 0.25) is 0 Å². The molecule has 2 aromatic rings. The van der Waals surface area contributed by atoms with Gasteiger partial charge in [0.05, 0.1) is 0 Å². The van der Waals surface area contributed by atoms with Crippen LogP contribution in [0.15, 0.2) is 54.6 Å². The fourth-order valence-electron chi connectivity index (χ4n) is 3.11. The van der Waals surface area contributed by atoms with E-state index in [4.69, 9.17) is 5.11 Å². The molecule has 1 fully saturated rings. The highest BCUT2D eigenvalue weighted by atomic mass is 35.5. The number of hydrogen-bond acceptors (Lipinski definition) is 3. The van der Waals surface area contributed by atoms with Crippen LogP contribution in [0.5, 0.6) is 0 Å². The van der Waals surface area contributed by atoms with E-state index >= 15 is 0 Å². The summed E-state index contributed by atoms with van der Waals surface area (Å²) < 4.78 is 0. The van der Waals surface area contributed by atoms with Gasteiger partial charge < -0.3 is 15.7 Å². The molecule has 1 heterocycles. The SMILES string of the molecule is Cl.O=C(O)C=Cc1ccc(C(=O)Nc2ccc(C3CCNCC3)cc2)cc1. The Labute approximate surface area is 164 Å². The number of aliphatic carboxylic acids is 1. The zero-order valence-electron chi connectivity index (χ0n) is 14.9. The predicted octanol–water partition coefficient (Wildman–Crippen LogP) is 3.93. The summed E-state index contributed by atoms with van der Waals surface area (Å²) in [5.74, 6) is -0.597. The van der Waals surface area contributed by atoms with Gasteiger partial charge in [0.1, 0.15) is 0 Å². The number of carboxylic acid groups (broad SMARTS) is 1. The summed E-state index contributed by atoms with van der Waals surface area (Å²) in [6, 6.07) is 14.9. The molecule has 0 bridgehead atoms. The number of hydrogen-bond donors (Lipinski definition) is 3. The third-order valence-electron chi connectivity index (χ3n) is 4.57. The highest BCUT2D eigenvalue weighted by molar-refractivity contribution is 6.04. The topological polar surface area (TPSA) is 78.4 Å². The number of carboxylic acids is 1. The van der Waals surface area contributed by atoms with Crippen LogP contribution in [0, 0.1) is 0 Å². The van der Waals surface area contributed by atoms with Crippen LogP contribution < -0.4 is 10.6 Å². The van der Waals surface area contributed by atoms with Crippen molar-refractivity contribution in [2.45, 2.75) is 18.8 Å². The number of piperidine rings is 1. The van der Waals surface area contributed by atoms with Crippen LogP contribution in [0.4, 0.5) is 5.69 Å². The van der Waals surface area contributed by atoms with Crippen LogP contribution in [-0.4, -0.2) is 30.1 Å². The van der Waals surface area contributed by atoms with Gasteiger partial charge in [-0.1, -0.05) is 24.3 Å². The molecular weight excluding hydrogens is 364 g/mol. The summed E-state index contributed by atoms with van der Waals surface area (Å²) in [5, 5.41) is 14.9. The first kappa shape index (κ1) is 20.7. The summed E-state index contributed by atoms with van der Waals surface area (Å²) in [6.45, 7) is 2.11. The van der Waals surface area contributed by atoms with Crippen molar-refractivity contribution in [2.75, 3.05) is 18.4 Å². The summed E-state index contributed by atoms with van der Waals surface area (Å²) in [7, 11) is 0. The molecule has 0 unspecified atom stereocenters. The van der Waals surface area contributed by atoms with Gasteiger partial charge in [0.2, 0.25) is 0 Å². The summed E-state index contributed by atoms with van der Waals surface area (Å²) >= 11 is 0. The first-order valence-corrected chi connectivity index (χ1v) is 8.75. The van der Waals surface area contributed by atoms with Gasteiger partial charge in [-0.15, -0.1) is 12.4 Å². The monoisotopic (exact) mass is 386 g/mol. The second-order valence-corrected chi connectivity index (χ2v) is 6.39. The minimum absolute atomic E-state index is 0. The highest BCUT2D eigenvalue weighted by Crippen LogP contribution is 2.26. The number of nitrogens with one attached hydrogen (secondary N) is 2. The van der Waals surface area contributed by atoms with Crippen molar-refractivity contribution in [2.24, 2.45) is 0 Å². The first-order valence-electron chi connectivity index (χ1n) is 8.75. The van der Waals surface area contributed by atoms with Crippen molar-refractivity contribution in [3.05, 3.63) is 71.3 Å². The molecule has 0 atom stereocenters. The van der Waals surface area contributed by atoms with Crippen LogP contribution in [-0.2, 0) is 4.79 Å². The fourth-order valence-corrected chi connectivity index (χ4v) is 3.11. The number of halogens is 1. The normalized spacial score (nSPS) is 14.5. The highest BCUT2D eigenvalue weighted by Gasteiger charge is 2.15. The number of carbonyl (C=O) groups is 2. The smallest absolute Gasteiger partial charge is 0.328 e. The van der Waals surface area contributed by atoms with Crippen molar-refractivity contribution in [1.82, 2.24) is 5.32 Å². The van der Waals surface area contributed by atoms with Crippen molar-refractivity contribution in [3.63, 3.8) is 0 Å². The maximum absolute atomic E-state index is 12.3. The zero-order chi connectivity index (χ0) is 18.4. The lowest BCUT2D eigenvalue weighted by atomic mass is 9.90. The molecule has 0 spiro atoms. The van der Waals surface area contributed by atoms with E-state index in [-0.39, 0.29) is 18.3 Å². The molecule has 1 amide bonds. The molecule has 0 aliphatic carbocycles. The molecule has 0 saturated carbocycles. The Hall–Kier alpha value is -2.63. The lowest BCUT2D eigenvalue weighted by Crippen LogP contribution is -2.26. The number of rotatable bonds is 5. The van der Waals surface area contributed by atoms with Gasteiger partial charge in [0.15, 0.2) is 0 Å². The summed E-state index contributed by atoms with van der Waals surface area (Å²) in [4.78, 5) is 22.9. The third-order valence-corrected chi connectivity index (χ3v) is 4.57. The van der Waals surface area contributed by atoms with Crippen LogP contribution in [0.1, 0.15) is 40.2 Å². The molecule has 142 valence electrons. The van der Waals surface area contributed by atoms with E-state index in [1.807, 2.05) is 12.1 Å². The second-order valence-electron chi connectivity index (χ2n) is 6.39. The average molecular weight is 387 g/mol. The lowest BCUT2D eigenvalue weighted by molar-refractivity contribution is -0.131. The molecule has 0 aromatic heterocycles. The molecule has 3 rings (SSSR count). The number of carbonyl (C=O) groups excluding carboxylic acids is 1. The van der Waals surface area contributed by atoms with Gasteiger partial charge in [0.25, 0.3) is 5.91 Å². The number of anilines is 1. The van der Waals surface area contributed by atoms with Gasteiger partial charge in [0, 0.05) is 17.3 Å². The first-order chi connectivity index (χ1) is 12.6. The Kier molecular flexibility index (Phi) is 7.58. The summed E-state index contributed by atoms with van der Waals surface area (Å²) in [6.07, 6.45) is 4.85. The Morgan fingerprint density at radius 3 is 2.22 bits per heavy atom. The number of benzene rings is 2. The van der Waals surface area contributed by atoms with E-state index in [9.17, 15) is 9.59 Å². The van der Waals surface area contributed by atoms with Crippen molar-refractivity contribution >= 4 is 36.0 Å². The maximum atomic E-state index is 12.3. The Morgan fingerprint density at radius 1 is 1.00 bits per heavy atom. The van der Waals surface area contributed by atoms with Crippen molar-refractivity contribution in [1.29, 1.82) is 0 Å². The maximum Gasteiger partial charge on any atom is 0.328 e. The van der Waals surface area contributed by atoms with Gasteiger partial charge >= 0.3 is 5.97 Å². The Morgan fingerprint density at radius 2 is 1.63 bits per heavy atom. The predicted molar refractivity (Wildman–Crippen MR) is 110 cm³/mol. The van der Waals surface area contributed by atoms with E-state index in [2.05, 4.69) is 22.8 Å². The molecule has 1 aliphatic rings. The van der Waals surface area contributed by atoms with Crippen molar-refractivity contribution < 1.29 is 14.7 Å². The molecule has 6 heteroatoms. The lowest BCUT2D eigenvalue weighted by Gasteiger charge is -2.23.